The van der Waals surface area contributed by atoms with Crippen LogP contribution in [0.1, 0.15) is 28.7 Å². The Bertz CT molecular complexity index is 1110. The van der Waals surface area contributed by atoms with Crippen LogP contribution in [0.15, 0.2) is 60.7 Å². The van der Waals surface area contributed by atoms with Gasteiger partial charge in [-0.3, -0.25) is 0 Å². The average Bonchev–Trinajstić information content (AvgIpc) is 3.24. The van der Waals surface area contributed by atoms with Gasteiger partial charge in [-0.15, -0.1) is 0 Å². The summed E-state index contributed by atoms with van der Waals surface area (Å²) in [4.78, 5) is 0. The van der Waals surface area contributed by atoms with Crippen LogP contribution in [0.4, 0.5) is 0 Å². The van der Waals surface area contributed by atoms with E-state index in [1.54, 1.807) is 7.11 Å². The first-order chi connectivity index (χ1) is 14.7. The second-order valence-corrected chi connectivity index (χ2v) is 7.66. The zero-order valence-electron chi connectivity index (χ0n) is 16.3. The molecule has 0 amide bonds. The summed E-state index contributed by atoms with van der Waals surface area (Å²) >= 11 is 0. The molecule has 30 heavy (non-hydrogen) atoms. The van der Waals surface area contributed by atoms with Crippen LogP contribution in [-0.2, 0) is 0 Å². The highest BCUT2D eigenvalue weighted by Gasteiger charge is 2.49. The number of para-hydroxylation sites is 1. The molecule has 6 rings (SSSR count). The summed E-state index contributed by atoms with van der Waals surface area (Å²) in [5.74, 6) is 3.00. The molecule has 6 nitrogen and oxygen atoms in total. The van der Waals surface area contributed by atoms with Crippen molar-refractivity contribution in [1.82, 2.24) is 0 Å². The zero-order valence-corrected chi connectivity index (χ0v) is 16.3. The number of fused-ring (bicyclic) bond motifs is 5. The van der Waals surface area contributed by atoms with E-state index in [4.69, 9.17) is 23.7 Å². The quantitative estimate of drug-likeness (QED) is 0.696. The molecule has 0 radical (unpaired) electrons. The molecule has 152 valence electrons. The molecule has 0 aliphatic carbocycles. The molecule has 0 aromatic heterocycles. The molecule has 3 aliphatic rings. The van der Waals surface area contributed by atoms with E-state index < -0.39 is 6.29 Å². The van der Waals surface area contributed by atoms with Crippen molar-refractivity contribution >= 4 is 0 Å². The van der Waals surface area contributed by atoms with Gasteiger partial charge in [0.2, 0.25) is 13.1 Å². The van der Waals surface area contributed by atoms with E-state index in [9.17, 15) is 5.11 Å². The summed E-state index contributed by atoms with van der Waals surface area (Å²) in [6.45, 7) is 0.187. The monoisotopic (exact) mass is 404 g/mol. The SMILES string of the molecule is COc1ccc([C@@H]2c3cc4c(cc3O[C@@H]3c5ccccc5O[C@@H](O)[C@@H]23)OCO4)cc1. The maximum Gasteiger partial charge on any atom is 0.231 e. The van der Waals surface area contributed by atoms with E-state index in [0.29, 0.717) is 17.2 Å². The van der Waals surface area contributed by atoms with Gasteiger partial charge in [-0.05, 0) is 29.8 Å². The number of rotatable bonds is 2. The van der Waals surface area contributed by atoms with Crippen molar-refractivity contribution in [2.75, 3.05) is 13.9 Å². The highest BCUT2D eigenvalue weighted by Crippen LogP contribution is 2.56. The van der Waals surface area contributed by atoms with Gasteiger partial charge in [-0.2, -0.15) is 0 Å². The third-order valence-corrected chi connectivity index (χ3v) is 6.11. The minimum Gasteiger partial charge on any atom is -0.497 e. The van der Waals surface area contributed by atoms with Gasteiger partial charge in [0.1, 0.15) is 23.4 Å². The maximum absolute atomic E-state index is 11.0. The van der Waals surface area contributed by atoms with Crippen LogP contribution in [-0.4, -0.2) is 25.3 Å². The zero-order chi connectivity index (χ0) is 20.2. The molecule has 0 saturated carbocycles. The molecule has 0 unspecified atom stereocenters. The lowest BCUT2D eigenvalue weighted by atomic mass is 9.72. The van der Waals surface area contributed by atoms with Crippen LogP contribution in [0.25, 0.3) is 0 Å². The molecule has 0 spiro atoms. The van der Waals surface area contributed by atoms with Crippen LogP contribution < -0.4 is 23.7 Å². The largest absolute Gasteiger partial charge is 0.497 e. The number of aliphatic hydroxyl groups excluding tert-OH is 1. The molecule has 0 saturated heterocycles. The molecular weight excluding hydrogens is 384 g/mol. The minimum atomic E-state index is -1.02. The fraction of sp³-hybridized carbons (Fsp3) is 0.250. The van der Waals surface area contributed by atoms with Gasteiger partial charge in [0.05, 0.1) is 13.0 Å². The van der Waals surface area contributed by atoms with Gasteiger partial charge in [-0.1, -0.05) is 30.3 Å². The summed E-state index contributed by atoms with van der Waals surface area (Å²) in [6.07, 6.45) is -1.37. The molecule has 3 heterocycles. The lowest BCUT2D eigenvalue weighted by molar-refractivity contribution is -0.123. The second kappa shape index (κ2) is 6.57. The summed E-state index contributed by atoms with van der Waals surface area (Å²) in [7, 11) is 1.64. The number of ether oxygens (including phenoxy) is 5. The molecule has 3 aromatic carbocycles. The van der Waals surface area contributed by atoms with Gasteiger partial charge in [0.25, 0.3) is 0 Å². The van der Waals surface area contributed by atoms with Crippen molar-refractivity contribution in [2.45, 2.75) is 18.3 Å². The molecule has 3 aromatic rings. The first-order valence-corrected chi connectivity index (χ1v) is 9.91. The lowest BCUT2D eigenvalue weighted by Gasteiger charge is -2.45. The highest BCUT2D eigenvalue weighted by atomic mass is 16.7. The normalized spacial score (nSPS) is 25.3. The average molecular weight is 404 g/mol. The van der Waals surface area contributed by atoms with Crippen molar-refractivity contribution in [3.8, 4) is 28.7 Å². The smallest absolute Gasteiger partial charge is 0.231 e. The molecular formula is C24H20O6. The van der Waals surface area contributed by atoms with E-state index in [-0.39, 0.29) is 24.7 Å². The van der Waals surface area contributed by atoms with Gasteiger partial charge in [0.15, 0.2) is 11.5 Å². The summed E-state index contributed by atoms with van der Waals surface area (Å²) in [6, 6.07) is 19.4. The van der Waals surface area contributed by atoms with Crippen molar-refractivity contribution in [2.24, 2.45) is 5.92 Å². The Balaban J connectivity index is 1.55. The molecule has 4 atom stereocenters. The Hall–Kier alpha value is -3.38. The number of hydrogen-bond donors (Lipinski definition) is 1. The van der Waals surface area contributed by atoms with Crippen LogP contribution >= 0.6 is 0 Å². The summed E-state index contributed by atoms with van der Waals surface area (Å²) < 4.78 is 28.9. The third-order valence-electron chi connectivity index (χ3n) is 6.11. The first-order valence-electron chi connectivity index (χ1n) is 9.91. The highest BCUT2D eigenvalue weighted by molar-refractivity contribution is 5.57. The van der Waals surface area contributed by atoms with Gasteiger partial charge >= 0.3 is 0 Å². The fourth-order valence-corrected chi connectivity index (χ4v) is 4.71. The van der Waals surface area contributed by atoms with E-state index in [2.05, 4.69) is 0 Å². The third kappa shape index (κ3) is 2.53. The molecule has 3 aliphatic heterocycles. The van der Waals surface area contributed by atoms with Crippen LogP contribution in [0, 0.1) is 5.92 Å². The van der Waals surface area contributed by atoms with Crippen LogP contribution in [0.2, 0.25) is 0 Å². The van der Waals surface area contributed by atoms with E-state index in [1.807, 2.05) is 60.7 Å². The number of methoxy groups -OCH3 is 1. The van der Waals surface area contributed by atoms with E-state index >= 15 is 0 Å². The van der Waals surface area contributed by atoms with Gasteiger partial charge in [0, 0.05) is 23.1 Å². The van der Waals surface area contributed by atoms with Crippen molar-refractivity contribution in [3.63, 3.8) is 0 Å². The molecule has 0 bridgehead atoms. The van der Waals surface area contributed by atoms with Crippen LogP contribution in [0.3, 0.4) is 0 Å². The number of benzene rings is 3. The Morgan fingerprint density at radius 2 is 1.60 bits per heavy atom. The maximum atomic E-state index is 11.0. The molecule has 0 fully saturated rings. The van der Waals surface area contributed by atoms with Crippen LogP contribution in [0.5, 0.6) is 28.7 Å². The Labute approximate surface area is 173 Å². The fourth-order valence-electron chi connectivity index (χ4n) is 4.71. The number of aliphatic hydroxyl groups is 1. The Kier molecular flexibility index (Phi) is 3.83. The summed E-state index contributed by atoms with van der Waals surface area (Å²) in [5, 5.41) is 11.0. The van der Waals surface area contributed by atoms with Crippen molar-refractivity contribution < 1.29 is 28.8 Å². The van der Waals surface area contributed by atoms with Gasteiger partial charge < -0.3 is 28.8 Å². The minimum absolute atomic E-state index is 0.164. The second-order valence-electron chi connectivity index (χ2n) is 7.66. The molecule has 1 N–H and O–H groups in total. The predicted molar refractivity (Wildman–Crippen MR) is 107 cm³/mol. The van der Waals surface area contributed by atoms with Crippen molar-refractivity contribution in [1.29, 1.82) is 0 Å². The standard InChI is InChI=1S/C24H20O6/c1-26-14-8-6-13(7-9-14)21-16-10-19-20(28-12-27-19)11-18(16)29-23-15-4-2-3-5-17(15)30-24(25)22(21)23/h2-11,21-25H,12H2,1H3/t21-,22+,23-,24-/m1/s1. The van der Waals surface area contributed by atoms with Crippen molar-refractivity contribution in [3.05, 3.63) is 77.4 Å². The Morgan fingerprint density at radius 1 is 0.833 bits per heavy atom. The first kappa shape index (κ1) is 17.5. The van der Waals surface area contributed by atoms with E-state index in [0.717, 1.165) is 28.2 Å². The lowest BCUT2D eigenvalue weighted by Crippen LogP contribution is -2.44. The molecule has 6 heteroatoms. The summed E-state index contributed by atoms with van der Waals surface area (Å²) in [5.41, 5.74) is 2.90. The Morgan fingerprint density at radius 3 is 2.40 bits per heavy atom. The van der Waals surface area contributed by atoms with Gasteiger partial charge in [-0.25, -0.2) is 0 Å². The predicted octanol–water partition coefficient (Wildman–Crippen LogP) is 4.02. The number of hydrogen-bond acceptors (Lipinski definition) is 6. The topological polar surface area (TPSA) is 66.4 Å². The van der Waals surface area contributed by atoms with E-state index in [1.165, 1.54) is 0 Å².